The average Bonchev–Trinajstić information content (AvgIpc) is 2.30. The summed E-state index contributed by atoms with van der Waals surface area (Å²) in [5.41, 5.74) is 1.07. The molecule has 0 heterocycles. The molecule has 1 atom stereocenters. The normalized spacial score (nSPS) is 12.9. The predicted octanol–water partition coefficient (Wildman–Crippen LogP) is 1.70. The molecule has 1 aromatic rings. The van der Waals surface area contributed by atoms with Crippen LogP contribution in [0.25, 0.3) is 0 Å². The van der Waals surface area contributed by atoms with Crippen LogP contribution in [0.1, 0.15) is 5.56 Å². The molecule has 0 saturated heterocycles. The molecule has 5 nitrogen and oxygen atoms in total. The second-order valence-electron chi connectivity index (χ2n) is 4.08. The minimum Gasteiger partial charge on any atom is -0.595 e. The van der Waals surface area contributed by atoms with E-state index in [1.807, 2.05) is 0 Å². The third-order valence-corrected chi connectivity index (χ3v) is 3.02. The number of hydrogen-bond donors (Lipinski definition) is 3. The first-order valence-electron chi connectivity index (χ1n) is 5.54. The summed E-state index contributed by atoms with van der Waals surface area (Å²) >= 11 is 11.3. The molecule has 0 aliphatic rings. The maximum atomic E-state index is 10.7. The Kier molecular flexibility index (Phi) is 8.89. The van der Waals surface area contributed by atoms with Crippen LogP contribution in [0, 0.1) is 5.21 Å². The van der Waals surface area contributed by atoms with Gasteiger partial charge in [0, 0.05) is 17.7 Å². The summed E-state index contributed by atoms with van der Waals surface area (Å²) < 4.78 is -0.237. The van der Waals surface area contributed by atoms with Gasteiger partial charge in [-0.05, 0) is 12.1 Å². The lowest BCUT2D eigenvalue weighted by molar-refractivity contribution is -1.11. The Bertz CT molecular complexity index is 357. The molecule has 0 saturated carbocycles. The molecule has 0 radical (unpaired) electrons. The van der Waals surface area contributed by atoms with Crippen LogP contribution < -0.4 is 5.23 Å². The van der Waals surface area contributed by atoms with E-state index in [-0.39, 0.29) is 22.7 Å². The van der Waals surface area contributed by atoms with E-state index in [4.69, 9.17) is 28.4 Å². The van der Waals surface area contributed by atoms with Crippen molar-refractivity contribution in [1.29, 1.82) is 0 Å². The Morgan fingerprint density at radius 3 is 1.95 bits per heavy atom. The molecule has 0 aromatic heterocycles. The Hall–Kier alpha value is -0.110. The summed E-state index contributed by atoms with van der Waals surface area (Å²) in [5, 5.41) is 28.8. The van der Waals surface area contributed by atoms with Crippen LogP contribution in [0.2, 0.25) is 0 Å². The first-order chi connectivity index (χ1) is 8.50. The molecule has 1 aromatic carbocycles. The molecule has 0 fully saturated rings. The molecule has 110 valence electrons. The van der Waals surface area contributed by atoms with E-state index < -0.39 is 5.23 Å². The standard InChI is InChI=1S/C11H17Cl2N2O3.ClH/c12-5-7-15(18,8-6-13)9-10-1-3-11(4-2-10)14(16)17;/h1-4,14,16,18H,5-9H2;1H/q+1;. The minimum absolute atomic E-state index is 0. The Labute approximate surface area is 128 Å². The zero-order valence-corrected chi connectivity index (χ0v) is 12.6. The first kappa shape index (κ1) is 18.9. The highest BCUT2D eigenvalue weighted by Gasteiger charge is 2.24. The van der Waals surface area contributed by atoms with Crippen molar-refractivity contribution in [3.05, 3.63) is 35.0 Å². The highest BCUT2D eigenvalue weighted by atomic mass is 35.5. The van der Waals surface area contributed by atoms with Gasteiger partial charge in [0.05, 0.1) is 11.8 Å². The minimum atomic E-state index is -0.965. The van der Waals surface area contributed by atoms with E-state index in [2.05, 4.69) is 0 Å². The largest absolute Gasteiger partial charge is 0.595 e. The number of nitrogens with zero attached hydrogens (tertiary/aromatic N) is 1. The number of alkyl halides is 2. The van der Waals surface area contributed by atoms with Crippen molar-refractivity contribution in [2.24, 2.45) is 0 Å². The lowest BCUT2D eigenvalue weighted by Gasteiger charge is -2.28. The van der Waals surface area contributed by atoms with Gasteiger partial charge in [-0.25, -0.2) is 10.4 Å². The molecule has 3 N–H and O–H groups in total. The molecule has 0 spiro atoms. The lowest BCUT2D eigenvalue weighted by Crippen LogP contribution is -2.99. The van der Waals surface area contributed by atoms with Gasteiger partial charge in [0.15, 0.2) is 5.69 Å². The lowest BCUT2D eigenvalue weighted by atomic mass is 10.2. The second-order valence-corrected chi connectivity index (χ2v) is 4.84. The predicted molar refractivity (Wildman–Crippen MR) is 76.4 cm³/mol. The van der Waals surface area contributed by atoms with E-state index in [1.165, 1.54) is 12.1 Å². The van der Waals surface area contributed by atoms with Crippen molar-refractivity contribution in [2.45, 2.75) is 6.54 Å². The van der Waals surface area contributed by atoms with Gasteiger partial charge in [0.2, 0.25) is 0 Å². The van der Waals surface area contributed by atoms with Gasteiger partial charge < -0.3 is 5.21 Å². The molecular weight excluding hydrogens is 314 g/mol. The van der Waals surface area contributed by atoms with Crippen LogP contribution in [-0.4, -0.2) is 39.9 Å². The van der Waals surface area contributed by atoms with E-state index in [0.29, 0.717) is 31.4 Å². The van der Waals surface area contributed by atoms with Gasteiger partial charge in [0.25, 0.3) is 0 Å². The van der Waals surface area contributed by atoms with Gasteiger partial charge in [-0.2, -0.15) is 9.87 Å². The highest BCUT2D eigenvalue weighted by Crippen LogP contribution is 2.14. The van der Waals surface area contributed by atoms with E-state index in [9.17, 15) is 10.4 Å². The van der Waals surface area contributed by atoms with Crippen molar-refractivity contribution in [3.63, 3.8) is 0 Å². The van der Waals surface area contributed by atoms with Gasteiger partial charge in [0.1, 0.15) is 19.6 Å². The molecule has 1 rings (SSSR count). The van der Waals surface area contributed by atoms with E-state index in [0.717, 1.165) is 5.56 Å². The number of nitrogens with one attached hydrogen (secondary N) is 1. The third kappa shape index (κ3) is 6.25. The van der Waals surface area contributed by atoms with Crippen LogP contribution in [0.4, 0.5) is 5.69 Å². The molecular formula is C11H18Cl3N2O3+. The number of halogens is 3. The van der Waals surface area contributed by atoms with Gasteiger partial charge in [-0.15, -0.1) is 35.6 Å². The Morgan fingerprint density at radius 2 is 1.58 bits per heavy atom. The Balaban J connectivity index is 0.00000324. The SMILES string of the molecule is Cl.[O-][NH+](O)c1ccc(C[N+](O)(CCCl)CCCl)cc1. The summed E-state index contributed by atoms with van der Waals surface area (Å²) in [6.07, 6.45) is 0. The molecule has 0 bridgehead atoms. The maximum Gasteiger partial charge on any atom is 0.163 e. The van der Waals surface area contributed by atoms with Gasteiger partial charge >= 0.3 is 0 Å². The zero-order chi connectivity index (χ0) is 13.6. The van der Waals surface area contributed by atoms with Crippen molar-refractivity contribution in [1.82, 2.24) is 0 Å². The van der Waals surface area contributed by atoms with Gasteiger partial charge in [-0.1, -0.05) is 0 Å². The zero-order valence-electron chi connectivity index (χ0n) is 10.3. The second kappa shape index (κ2) is 8.94. The fourth-order valence-corrected chi connectivity index (χ4v) is 2.31. The molecule has 0 aliphatic carbocycles. The van der Waals surface area contributed by atoms with Crippen LogP contribution in [0.3, 0.4) is 0 Å². The van der Waals surface area contributed by atoms with Crippen molar-refractivity contribution < 1.29 is 20.3 Å². The monoisotopic (exact) mass is 331 g/mol. The molecule has 1 unspecified atom stereocenters. The Morgan fingerprint density at radius 1 is 1.11 bits per heavy atom. The molecule has 0 aliphatic heterocycles. The van der Waals surface area contributed by atoms with Crippen molar-refractivity contribution in [2.75, 3.05) is 24.8 Å². The number of rotatable bonds is 7. The number of quaternary nitrogens is 2. The van der Waals surface area contributed by atoms with Crippen LogP contribution in [0.15, 0.2) is 24.3 Å². The van der Waals surface area contributed by atoms with Crippen LogP contribution in [0.5, 0.6) is 0 Å². The summed E-state index contributed by atoms with van der Waals surface area (Å²) in [4.78, 5) is 0. The molecule has 8 heteroatoms. The number of hydroxylamine groups is 3. The topological polar surface area (TPSA) is 68.0 Å². The fraction of sp³-hybridized carbons (Fsp3) is 0.455. The highest BCUT2D eigenvalue weighted by molar-refractivity contribution is 6.18. The average molecular weight is 333 g/mol. The molecule has 19 heavy (non-hydrogen) atoms. The van der Waals surface area contributed by atoms with Crippen molar-refractivity contribution in [3.8, 4) is 0 Å². The van der Waals surface area contributed by atoms with Crippen LogP contribution >= 0.6 is 35.6 Å². The van der Waals surface area contributed by atoms with Gasteiger partial charge in [-0.3, -0.25) is 0 Å². The number of hydrogen-bond acceptors (Lipinski definition) is 3. The summed E-state index contributed by atoms with van der Waals surface area (Å²) in [5.74, 6) is 0.668. The third-order valence-electron chi connectivity index (χ3n) is 2.68. The van der Waals surface area contributed by atoms with E-state index >= 15 is 0 Å². The first-order valence-corrected chi connectivity index (χ1v) is 6.60. The fourth-order valence-electron chi connectivity index (χ4n) is 1.68. The van der Waals surface area contributed by atoms with Crippen molar-refractivity contribution >= 4 is 41.3 Å². The maximum absolute atomic E-state index is 10.7. The summed E-state index contributed by atoms with van der Waals surface area (Å²) in [6.45, 7) is 1.16. The van der Waals surface area contributed by atoms with E-state index in [1.54, 1.807) is 12.1 Å². The van der Waals surface area contributed by atoms with Crippen LogP contribution in [-0.2, 0) is 6.54 Å². The summed E-state index contributed by atoms with van der Waals surface area (Å²) in [7, 11) is 0. The smallest absolute Gasteiger partial charge is 0.163 e. The quantitative estimate of drug-likeness (QED) is 0.404. The molecule has 0 amide bonds. The number of benzene rings is 1. The summed E-state index contributed by atoms with van der Waals surface area (Å²) in [6, 6.07) is 6.41.